The van der Waals surface area contributed by atoms with Gasteiger partial charge in [0, 0.05) is 50.8 Å². The van der Waals surface area contributed by atoms with Crippen LogP contribution in [-0.2, 0) is 22.6 Å². The van der Waals surface area contributed by atoms with Gasteiger partial charge in [0.15, 0.2) is 0 Å². The molecule has 2 fully saturated rings. The van der Waals surface area contributed by atoms with Gasteiger partial charge in [0.05, 0.1) is 12.3 Å². The lowest BCUT2D eigenvalue weighted by atomic mass is 9.95. The fraction of sp³-hybridized carbons (Fsp3) is 0.462. The van der Waals surface area contributed by atoms with E-state index < -0.39 is 0 Å². The molecule has 2 saturated heterocycles. The van der Waals surface area contributed by atoms with Crippen molar-refractivity contribution >= 4 is 23.4 Å². The van der Waals surface area contributed by atoms with Crippen LogP contribution in [0.15, 0.2) is 48.5 Å². The maximum atomic E-state index is 13.3. The molecule has 5 nitrogen and oxygen atoms in total. The summed E-state index contributed by atoms with van der Waals surface area (Å²) < 4.78 is 13.1. The Kier molecular flexibility index (Phi) is 7.99. The molecular weight excluding hydrogens is 441 g/mol. The lowest BCUT2D eigenvalue weighted by Crippen LogP contribution is -2.47. The van der Waals surface area contributed by atoms with E-state index in [4.69, 9.17) is 11.6 Å². The van der Waals surface area contributed by atoms with Gasteiger partial charge >= 0.3 is 0 Å². The van der Waals surface area contributed by atoms with Crippen LogP contribution in [0.5, 0.6) is 0 Å². The minimum Gasteiger partial charge on any atom is -0.342 e. The fourth-order valence-corrected chi connectivity index (χ4v) is 4.88. The second-order valence-electron chi connectivity index (χ2n) is 9.06. The molecule has 0 saturated carbocycles. The Morgan fingerprint density at radius 3 is 2.30 bits per heavy atom. The predicted molar refractivity (Wildman–Crippen MR) is 127 cm³/mol. The van der Waals surface area contributed by atoms with Crippen LogP contribution in [0.2, 0.25) is 5.02 Å². The molecule has 4 rings (SSSR count). The molecule has 0 radical (unpaired) electrons. The summed E-state index contributed by atoms with van der Waals surface area (Å²) in [6.07, 6.45) is 2.84. The Balaban J connectivity index is 1.29. The molecular formula is C26H31ClFN3O2. The molecule has 1 unspecified atom stereocenters. The summed E-state index contributed by atoms with van der Waals surface area (Å²) in [4.78, 5) is 32.2. The van der Waals surface area contributed by atoms with Crippen molar-refractivity contribution in [2.75, 3.05) is 39.3 Å². The molecule has 0 spiro atoms. The van der Waals surface area contributed by atoms with Crippen LogP contribution in [0.1, 0.15) is 30.4 Å². The number of amides is 2. The summed E-state index contributed by atoms with van der Waals surface area (Å²) in [5.41, 5.74) is 2.02. The number of hydrogen-bond acceptors (Lipinski definition) is 3. The first-order valence-electron chi connectivity index (χ1n) is 11.8. The van der Waals surface area contributed by atoms with Gasteiger partial charge in [-0.2, -0.15) is 0 Å². The van der Waals surface area contributed by atoms with Crippen LogP contribution in [0.3, 0.4) is 0 Å². The zero-order chi connectivity index (χ0) is 23.2. The number of nitrogens with zero attached hydrogens (tertiary/aromatic N) is 3. The largest absolute Gasteiger partial charge is 0.342 e. The lowest BCUT2D eigenvalue weighted by molar-refractivity contribution is -0.140. The highest BCUT2D eigenvalue weighted by molar-refractivity contribution is 6.30. The first kappa shape index (κ1) is 23.7. The van der Waals surface area contributed by atoms with Crippen molar-refractivity contribution in [3.8, 4) is 0 Å². The maximum absolute atomic E-state index is 13.3. The molecule has 2 aromatic carbocycles. The Hall–Kier alpha value is -2.44. The van der Waals surface area contributed by atoms with Crippen LogP contribution in [0.25, 0.3) is 0 Å². The fourth-order valence-electron chi connectivity index (χ4n) is 4.75. The van der Waals surface area contributed by atoms with Crippen molar-refractivity contribution in [3.63, 3.8) is 0 Å². The highest BCUT2D eigenvalue weighted by Crippen LogP contribution is 2.21. The quantitative estimate of drug-likeness (QED) is 0.662. The normalized spacial score (nSPS) is 19.9. The molecule has 33 heavy (non-hydrogen) atoms. The van der Waals surface area contributed by atoms with Crippen LogP contribution < -0.4 is 0 Å². The average molecular weight is 472 g/mol. The summed E-state index contributed by atoms with van der Waals surface area (Å²) >= 11 is 5.99. The van der Waals surface area contributed by atoms with E-state index in [1.165, 1.54) is 17.7 Å². The number of halogens is 2. The summed E-state index contributed by atoms with van der Waals surface area (Å²) in [6.45, 7) is 5.28. The monoisotopic (exact) mass is 471 g/mol. The van der Waals surface area contributed by atoms with E-state index in [0.29, 0.717) is 19.6 Å². The van der Waals surface area contributed by atoms with Gasteiger partial charge in [-0.3, -0.25) is 14.5 Å². The van der Waals surface area contributed by atoms with Crippen LogP contribution in [0, 0.1) is 11.7 Å². The molecule has 2 aliphatic rings. The third kappa shape index (κ3) is 6.55. The first-order chi connectivity index (χ1) is 16.0. The number of piperidine rings is 1. The van der Waals surface area contributed by atoms with Crippen LogP contribution >= 0.6 is 11.6 Å². The van der Waals surface area contributed by atoms with Crippen molar-refractivity contribution in [3.05, 3.63) is 70.5 Å². The second-order valence-corrected chi connectivity index (χ2v) is 9.50. The Morgan fingerprint density at radius 1 is 0.848 bits per heavy atom. The Morgan fingerprint density at radius 2 is 1.55 bits per heavy atom. The summed E-state index contributed by atoms with van der Waals surface area (Å²) in [7, 11) is 0. The van der Waals surface area contributed by atoms with Gasteiger partial charge in [-0.05, 0) is 54.7 Å². The summed E-state index contributed by atoms with van der Waals surface area (Å²) in [5, 5.41) is 0.740. The zero-order valence-electron chi connectivity index (χ0n) is 18.9. The summed E-state index contributed by atoms with van der Waals surface area (Å²) in [6, 6.07) is 14.0. The number of likely N-dealkylation sites (tertiary alicyclic amines) is 1. The van der Waals surface area contributed by atoms with Crippen molar-refractivity contribution in [1.82, 2.24) is 14.7 Å². The number of carbonyl (C=O) groups excluding carboxylic acids is 2. The highest BCUT2D eigenvalue weighted by atomic mass is 35.5. The third-order valence-corrected chi connectivity index (χ3v) is 6.86. The van der Waals surface area contributed by atoms with E-state index in [1.807, 2.05) is 17.0 Å². The van der Waals surface area contributed by atoms with Gasteiger partial charge < -0.3 is 9.80 Å². The van der Waals surface area contributed by atoms with E-state index in [-0.39, 0.29) is 30.0 Å². The molecule has 0 aliphatic carbocycles. The van der Waals surface area contributed by atoms with Crippen molar-refractivity contribution in [2.24, 2.45) is 5.92 Å². The SMILES string of the molecule is O=C(Cc1ccc(F)cc1)N1CCCC(C(=O)N2CCCN(Cc3ccc(Cl)cc3)CC2)C1. The van der Waals surface area contributed by atoms with Crippen molar-refractivity contribution in [2.45, 2.75) is 32.2 Å². The zero-order valence-corrected chi connectivity index (χ0v) is 19.6. The third-order valence-electron chi connectivity index (χ3n) is 6.61. The van der Waals surface area contributed by atoms with Gasteiger partial charge in [-0.25, -0.2) is 4.39 Å². The number of carbonyl (C=O) groups is 2. The van der Waals surface area contributed by atoms with Crippen molar-refractivity contribution in [1.29, 1.82) is 0 Å². The number of hydrogen-bond donors (Lipinski definition) is 0. The molecule has 2 amide bonds. The van der Waals surface area contributed by atoms with Crippen LogP contribution in [0.4, 0.5) is 4.39 Å². The topological polar surface area (TPSA) is 43.9 Å². The molecule has 7 heteroatoms. The van der Waals surface area contributed by atoms with Gasteiger partial charge in [0.25, 0.3) is 0 Å². The molecule has 1 atom stereocenters. The minimum atomic E-state index is -0.306. The Labute approximate surface area is 200 Å². The summed E-state index contributed by atoms with van der Waals surface area (Å²) in [5.74, 6) is -0.274. The molecule has 2 aromatic rings. The molecule has 2 heterocycles. The molecule has 0 bridgehead atoms. The first-order valence-corrected chi connectivity index (χ1v) is 12.1. The molecule has 176 valence electrons. The van der Waals surface area contributed by atoms with Gasteiger partial charge in [0.2, 0.25) is 11.8 Å². The second kappa shape index (κ2) is 11.1. The maximum Gasteiger partial charge on any atom is 0.227 e. The van der Waals surface area contributed by atoms with E-state index in [2.05, 4.69) is 17.0 Å². The standard InChI is InChI=1S/C26H31ClFN3O2/c27-23-8-4-21(5-9-23)18-29-12-2-14-30(16-15-29)26(33)22-3-1-13-31(19-22)25(32)17-20-6-10-24(28)11-7-20/h4-11,22H,1-3,12-19H2. The highest BCUT2D eigenvalue weighted by Gasteiger charge is 2.32. The predicted octanol–water partition coefficient (Wildman–Crippen LogP) is 3.99. The Bertz CT molecular complexity index is 951. The minimum absolute atomic E-state index is 0.00381. The van der Waals surface area contributed by atoms with Gasteiger partial charge in [0.1, 0.15) is 5.82 Å². The van der Waals surface area contributed by atoms with Gasteiger partial charge in [-0.1, -0.05) is 35.9 Å². The number of benzene rings is 2. The smallest absolute Gasteiger partial charge is 0.227 e. The van der Waals surface area contributed by atoms with E-state index in [1.54, 1.807) is 17.0 Å². The van der Waals surface area contributed by atoms with E-state index >= 15 is 0 Å². The lowest BCUT2D eigenvalue weighted by Gasteiger charge is -2.35. The van der Waals surface area contributed by atoms with Crippen LogP contribution in [-0.4, -0.2) is 65.8 Å². The van der Waals surface area contributed by atoms with E-state index in [0.717, 1.165) is 56.0 Å². The van der Waals surface area contributed by atoms with Gasteiger partial charge in [-0.15, -0.1) is 0 Å². The molecule has 0 aromatic heterocycles. The van der Waals surface area contributed by atoms with E-state index in [9.17, 15) is 14.0 Å². The van der Waals surface area contributed by atoms with Crippen molar-refractivity contribution < 1.29 is 14.0 Å². The molecule has 0 N–H and O–H groups in total. The molecule has 2 aliphatic heterocycles. The number of rotatable bonds is 5. The average Bonchev–Trinajstić information content (AvgIpc) is 3.07.